The van der Waals surface area contributed by atoms with Gasteiger partial charge < -0.3 is 0 Å². The van der Waals surface area contributed by atoms with Crippen molar-refractivity contribution in [2.75, 3.05) is 6.54 Å². The average molecular weight is 248 g/mol. The summed E-state index contributed by atoms with van der Waals surface area (Å²) in [7, 11) is 0. The Bertz CT molecular complexity index is 404. The number of hydrogen-bond acceptors (Lipinski definition) is 4. The van der Waals surface area contributed by atoms with E-state index in [0.29, 0.717) is 6.54 Å². The molecule has 0 heterocycles. The average Bonchev–Trinajstić information content (AvgIpc) is 2.34. The third-order valence-electron chi connectivity index (χ3n) is 2.20. The fraction of sp³-hybridized carbons (Fsp3) is 0.333. The van der Waals surface area contributed by atoms with E-state index in [1.165, 1.54) is 0 Å². The third-order valence-corrected chi connectivity index (χ3v) is 2.44. The highest BCUT2D eigenvalue weighted by Gasteiger charge is 2.08. The van der Waals surface area contributed by atoms with Gasteiger partial charge in [-0.05, 0) is 42.8 Å². The van der Waals surface area contributed by atoms with Gasteiger partial charge >= 0.3 is 0 Å². The first-order chi connectivity index (χ1) is 7.88. The summed E-state index contributed by atoms with van der Waals surface area (Å²) in [5, 5.41) is 4.80. The lowest BCUT2D eigenvalue weighted by atomic mass is 10.0. The minimum absolute atomic E-state index is 0.0824. The molecule has 1 aromatic carbocycles. The van der Waals surface area contributed by atoms with E-state index >= 15 is 0 Å². The van der Waals surface area contributed by atoms with Crippen LogP contribution in [-0.2, 0) is 0 Å². The maximum absolute atomic E-state index is 4.66. The van der Waals surface area contributed by atoms with Crippen LogP contribution in [0.5, 0.6) is 0 Å². The van der Waals surface area contributed by atoms with Gasteiger partial charge in [0.25, 0.3) is 0 Å². The summed E-state index contributed by atoms with van der Waals surface area (Å²) in [5.41, 5.74) is 1.16. The van der Waals surface area contributed by atoms with Crippen LogP contribution in [0.3, 0.4) is 0 Å². The quantitative estimate of drug-likeness (QED) is 0.435. The fourth-order valence-electron chi connectivity index (χ4n) is 1.45. The van der Waals surface area contributed by atoms with Crippen molar-refractivity contribution in [2.24, 2.45) is 9.98 Å². The summed E-state index contributed by atoms with van der Waals surface area (Å²) >= 11 is 9.17. The molecule has 0 spiro atoms. The number of aliphatic imine (C=N–C) groups is 2. The molecule has 0 radical (unpaired) electrons. The zero-order valence-electron chi connectivity index (χ0n) is 8.80. The van der Waals surface area contributed by atoms with E-state index in [9.17, 15) is 0 Å². The van der Waals surface area contributed by atoms with E-state index in [4.69, 9.17) is 0 Å². The van der Waals surface area contributed by atoms with Crippen LogP contribution < -0.4 is 0 Å². The molecule has 82 valence electrons. The molecule has 16 heavy (non-hydrogen) atoms. The van der Waals surface area contributed by atoms with Gasteiger partial charge in [-0.2, -0.15) is 0 Å². The monoisotopic (exact) mass is 248 g/mol. The molecule has 2 nitrogen and oxygen atoms in total. The van der Waals surface area contributed by atoms with Gasteiger partial charge in [-0.3, -0.25) is 0 Å². The summed E-state index contributed by atoms with van der Waals surface area (Å²) in [4.78, 5) is 8.04. The van der Waals surface area contributed by atoms with Gasteiger partial charge in [0.05, 0.1) is 16.4 Å². The van der Waals surface area contributed by atoms with E-state index in [1.807, 2.05) is 30.3 Å². The Hall–Kier alpha value is -1.18. The number of isothiocyanates is 2. The van der Waals surface area contributed by atoms with Crippen molar-refractivity contribution in [1.82, 2.24) is 0 Å². The molecule has 0 fully saturated rings. The molecular formula is C12H12N2S2. The second-order valence-corrected chi connectivity index (χ2v) is 3.63. The molecule has 0 bridgehead atoms. The van der Waals surface area contributed by atoms with Crippen LogP contribution in [0.15, 0.2) is 40.3 Å². The summed E-state index contributed by atoms with van der Waals surface area (Å²) in [6, 6.07) is 10.1. The molecule has 1 rings (SSSR count). The Labute approximate surface area is 106 Å². The van der Waals surface area contributed by atoms with Crippen molar-refractivity contribution in [3.8, 4) is 0 Å². The Morgan fingerprint density at radius 3 is 2.50 bits per heavy atom. The molecule has 4 heteroatoms. The van der Waals surface area contributed by atoms with Gasteiger partial charge in [-0.15, -0.1) is 0 Å². The minimum atomic E-state index is 0.0824. The lowest BCUT2D eigenvalue weighted by Gasteiger charge is -2.09. The largest absolute Gasteiger partial charge is 0.233 e. The summed E-state index contributed by atoms with van der Waals surface area (Å²) < 4.78 is 0. The molecule has 1 aromatic rings. The lowest BCUT2D eigenvalue weighted by Crippen LogP contribution is -1.96. The van der Waals surface area contributed by atoms with Crippen molar-refractivity contribution in [2.45, 2.75) is 18.9 Å². The van der Waals surface area contributed by atoms with Crippen molar-refractivity contribution >= 4 is 34.8 Å². The van der Waals surface area contributed by atoms with Crippen LogP contribution in [0.25, 0.3) is 0 Å². The number of rotatable bonds is 6. The van der Waals surface area contributed by atoms with Crippen molar-refractivity contribution < 1.29 is 0 Å². The van der Waals surface area contributed by atoms with Crippen LogP contribution in [0.2, 0.25) is 0 Å². The first-order valence-electron chi connectivity index (χ1n) is 5.04. The van der Waals surface area contributed by atoms with Gasteiger partial charge in [-0.25, -0.2) is 9.98 Å². The van der Waals surface area contributed by atoms with Crippen LogP contribution in [0.4, 0.5) is 0 Å². The van der Waals surface area contributed by atoms with E-state index in [2.05, 4.69) is 44.7 Å². The molecule has 0 N–H and O–H groups in total. The molecule has 0 amide bonds. The smallest absolute Gasteiger partial charge is 0.0852 e. The Kier molecular flexibility index (Phi) is 6.47. The van der Waals surface area contributed by atoms with Crippen molar-refractivity contribution in [3.05, 3.63) is 35.9 Å². The molecule has 0 aliphatic heterocycles. The van der Waals surface area contributed by atoms with Gasteiger partial charge in [0, 0.05) is 6.54 Å². The predicted octanol–water partition coefficient (Wildman–Crippen LogP) is 3.71. The van der Waals surface area contributed by atoms with E-state index in [-0.39, 0.29) is 6.04 Å². The maximum Gasteiger partial charge on any atom is 0.0852 e. The highest BCUT2D eigenvalue weighted by Crippen LogP contribution is 2.21. The molecule has 1 atom stereocenters. The SMILES string of the molecule is S=C=NCCCC(N=C=S)c1ccccc1. The van der Waals surface area contributed by atoms with Crippen LogP contribution >= 0.6 is 24.4 Å². The van der Waals surface area contributed by atoms with E-state index in [0.717, 1.165) is 18.4 Å². The number of hydrogen-bond donors (Lipinski definition) is 0. The second kappa shape index (κ2) is 8.03. The summed E-state index contributed by atoms with van der Waals surface area (Å²) in [6.45, 7) is 0.694. The Morgan fingerprint density at radius 2 is 1.88 bits per heavy atom. The second-order valence-electron chi connectivity index (χ2n) is 3.26. The third kappa shape index (κ3) is 4.56. The van der Waals surface area contributed by atoms with E-state index < -0.39 is 0 Å². The molecule has 0 aromatic heterocycles. The van der Waals surface area contributed by atoms with Crippen molar-refractivity contribution in [3.63, 3.8) is 0 Å². The normalized spacial score (nSPS) is 11.0. The van der Waals surface area contributed by atoms with Crippen LogP contribution in [0, 0.1) is 0 Å². The molecule has 1 unspecified atom stereocenters. The lowest BCUT2D eigenvalue weighted by molar-refractivity contribution is 0.625. The fourth-order valence-corrected chi connectivity index (χ4v) is 1.67. The summed E-state index contributed by atoms with van der Waals surface area (Å²) in [5.74, 6) is 0. The highest BCUT2D eigenvalue weighted by atomic mass is 32.1. The van der Waals surface area contributed by atoms with Gasteiger partial charge in [0.15, 0.2) is 0 Å². The maximum atomic E-state index is 4.66. The zero-order chi connectivity index (χ0) is 11.6. The topological polar surface area (TPSA) is 24.7 Å². The standard InChI is InChI=1S/C12H12N2S2/c15-9-13-8-4-7-12(14-10-16)11-5-2-1-3-6-11/h1-3,5-6,12H,4,7-8H2. The molecule has 0 aliphatic rings. The summed E-state index contributed by atoms with van der Waals surface area (Å²) in [6.07, 6.45) is 1.82. The van der Waals surface area contributed by atoms with Gasteiger partial charge in [0.2, 0.25) is 0 Å². The molecule has 0 aliphatic carbocycles. The predicted molar refractivity (Wildman–Crippen MR) is 73.3 cm³/mol. The number of nitrogens with zero attached hydrogens (tertiary/aromatic N) is 2. The molecule has 0 saturated carbocycles. The number of benzene rings is 1. The Balaban J connectivity index is 2.61. The first kappa shape index (κ1) is 12.9. The van der Waals surface area contributed by atoms with Crippen LogP contribution in [0.1, 0.15) is 24.4 Å². The zero-order valence-corrected chi connectivity index (χ0v) is 10.4. The highest BCUT2D eigenvalue weighted by molar-refractivity contribution is 7.78. The van der Waals surface area contributed by atoms with Crippen LogP contribution in [-0.4, -0.2) is 16.9 Å². The van der Waals surface area contributed by atoms with Gasteiger partial charge in [0.1, 0.15) is 0 Å². The number of thiocarbonyl (C=S) groups is 2. The molecular weight excluding hydrogens is 236 g/mol. The first-order valence-corrected chi connectivity index (χ1v) is 5.85. The molecule has 0 saturated heterocycles. The Morgan fingerprint density at radius 1 is 1.12 bits per heavy atom. The van der Waals surface area contributed by atoms with E-state index in [1.54, 1.807) is 0 Å². The van der Waals surface area contributed by atoms with Gasteiger partial charge in [-0.1, -0.05) is 30.3 Å². The minimum Gasteiger partial charge on any atom is -0.233 e. The van der Waals surface area contributed by atoms with Crippen molar-refractivity contribution in [1.29, 1.82) is 0 Å².